The molecule has 4 nitrogen and oxygen atoms in total. The highest BCUT2D eigenvalue weighted by Crippen LogP contribution is 2.61. The number of benzene rings is 3. The van der Waals surface area contributed by atoms with Gasteiger partial charge in [-0.2, -0.15) is 0 Å². The number of fused-ring (bicyclic) bond motifs is 1. The minimum atomic E-state index is -0.914. The number of rotatable bonds is 4. The number of carbonyl (C=O) groups is 2. The van der Waals surface area contributed by atoms with Crippen molar-refractivity contribution in [2.75, 3.05) is 0 Å². The maximum atomic E-state index is 12.2. The Morgan fingerprint density at radius 1 is 0.758 bits per heavy atom. The minimum absolute atomic E-state index is 0.00229. The molecule has 0 heterocycles. The lowest BCUT2D eigenvalue weighted by Gasteiger charge is -2.57. The van der Waals surface area contributed by atoms with E-state index < -0.39 is 11.9 Å². The molecule has 168 valence electrons. The van der Waals surface area contributed by atoms with Crippen molar-refractivity contribution < 1.29 is 19.8 Å². The van der Waals surface area contributed by atoms with Crippen LogP contribution in [-0.2, 0) is 5.41 Å². The fourth-order valence-corrected chi connectivity index (χ4v) is 7.69. The van der Waals surface area contributed by atoms with Crippen molar-refractivity contribution in [1.82, 2.24) is 0 Å². The van der Waals surface area contributed by atoms with Gasteiger partial charge in [0, 0.05) is 0 Å². The zero-order valence-electron chi connectivity index (χ0n) is 18.8. The molecule has 4 fully saturated rings. The van der Waals surface area contributed by atoms with E-state index in [-0.39, 0.29) is 5.41 Å². The summed E-state index contributed by atoms with van der Waals surface area (Å²) in [5, 5.41) is 21.4. The van der Waals surface area contributed by atoms with Gasteiger partial charge in [-0.3, -0.25) is 0 Å². The van der Waals surface area contributed by atoms with Gasteiger partial charge in [0.1, 0.15) is 0 Å². The van der Waals surface area contributed by atoms with Crippen molar-refractivity contribution in [3.05, 3.63) is 70.8 Å². The van der Waals surface area contributed by atoms with Gasteiger partial charge in [-0.1, -0.05) is 24.3 Å². The molecular formula is C29H28O4. The average molecular weight is 441 g/mol. The van der Waals surface area contributed by atoms with Gasteiger partial charge in [-0.15, -0.1) is 0 Å². The summed E-state index contributed by atoms with van der Waals surface area (Å²) >= 11 is 0. The first kappa shape index (κ1) is 20.5. The maximum Gasteiger partial charge on any atom is 0.335 e. The van der Waals surface area contributed by atoms with Crippen LogP contribution in [0.4, 0.5) is 0 Å². The molecule has 4 aliphatic carbocycles. The van der Waals surface area contributed by atoms with Gasteiger partial charge in [-0.05, 0) is 126 Å². The molecule has 2 N–H and O–H groups in total. The fourth-order valence-electron chi connectivity index (χ4n) is 7.69. The number of carboxylic acid groups (broad SMARTS) is 2. The first-order valence-corrected chi connectivity index (χ1v) is 12.0. The van der Waals surface area contributed by atoms with Gasteiger partial charge in [-0.25, -0.2) is 9.59 Å². The van der Waals surface area contributed by atoms with Gasteiger partial charge in [0.25, 0.3) is 0 Å². The normalized spacial score (nSPS) is 27.7. The summed E-state index contributed by atoms with van der Waals surface area (Å²) in [5.74, 6) is 0.487. The smallest absolute Gasteiger partial charge is 0.335 e. The van der Waals surface area contributed by atoms with Crippen molar-refractivity contribution in [3.8, 4) is 11.1 Å². The molecule has 4 saturated carbocycles. The zero-order chi connectivity index (χ0) is 22.9. The van der Waals surface area contributed by atoms with Gasteiger partial charge < -0.3 is 10.2 Å². The van der Waals surface area contributed by atoms with Crippen LogP contribution < -0.4 is 0 Å². The van der Waals surface area contributed by atoms with E-state index in [2.05, 4.69) is 12.1 Å². The number of hydrogen-bond acceptors (Lipinski definition) is 2. The van der Waals surface area contributed by atoms with Crippen LogP contribution in [0.2, 0.25) is 0 Å². The molecule has 0 aromatic heterocycles. The molecule has 3 aromatic rings. The molecule has 0 unspecified atom stereocenters. The molecular weight excluding hydrogens is 412 g/mol. The van der Waals surface area contributed by atoms with Crippen LogP contribution in [0, 0.1) is 24.7 Å². The molecule has 4 bridgehead atoms. The predicted octanol–water partition coefficient (Wildman–Crippen LogP) is 6.68. The summed E-state index contributed by atoms with van der Waals surface area (Å²) in [6.07, 6.45) is 7.34. The Morgan fingerprint density at radius 2 is 1.30 bits per heavy atom. The lowest BCUT2D eigenvalue weighted by Crippen LogP contribution is -2.49. The lowest BCUT2D eigenvalue weighted by molar-refractivity contribution is -0.00580. The number of carboxylic acids is 2. The van der Waals surface area contributed by atoms with Crippen molar-refractivity contribution in [2.24, 2.45) is 17.8 Å². The Morgan fingerprint density at radius 3 is 1.91 bits per heavy atom. The van der Waals surface area contributed by atoms with E-state index in [0.29, 0.717) is 11.1 Å². The van der Waals surface area contributed by atoms with Crippen molar-refractivity contribution in [1.29, 1.82) is 0 Å². The standard InChI is InChI=1S/C29H28O4/c1-16-23-5-2-20(11-22(23)4-6-24(16)27(30)31)21-3-7-25(28(32)33)26(12-21)29-13-17-8-18(14-29)10-19(9-17)15-29/h2-7,11-12,17-19H,8-10,13-15H2,1H3,(H,30,31)(H,32,33). The Labute approximate surface area is 193 Å². The number of aromatic carboxylic acids is 2. The van der Waals surface area contributed by atoms with Crippen LogP contribution >= 0.6 is 0 Å². The molecule has 33 heavy (non-hydrogen) atoms. The SMILES string of the molecule is Cc1c(C(=O)O)ccc2cc(-c3ccc(C(=O)O)c(C45CC6CC(CC(C6)C4)C5)c3)ccc12. The van der Waals surface area contributed by atoms with E-state index in [4.69, 9.17) is 0 Å². The van der Waals surface area contributed by atoms with Crippen LogP contribution in [0.15, 0.2) is 48.5 Å². The predicted molar refractivity (Wildman–Crippen MR) is 128 cm³/mol. The van der Waals surface area contributed by atoms with Crippen molar-refractivity contribution in [2.45, 2.75) is 50.9 Å². The van der Waals surface area contributed by atoms with Crippen LogP contribution in [0.3, 0.4) is 0 Å². The van der Waals surface area contributed by atoms with Crippen LogP contribution in [0.25, 0.3) is 21.9 Å². The molecule has 4 aliphatic rings. The molecule has 0 amide bonds. The minimum Gasteiger partial charge on any atom is -0.478 e. The highest BCUT2D eigenvalue weighted by molar-refractivity contribution is 5.99. The fraction of sp³-hybridized carbons (Fsp3) is 0.379. The Hall–Kier alpha value is -3.14. The quantitative estimate of drug-likeness (QED) is 0.474. The summed E-state index contributed by atoms with van der Waals surface area (Å²) in [7, 11) is 0. The summed E-state index contributed by atoms with van der Waals surface area (Å²) in [6, 6.07) is 15.5. The van der Waals surface area contributed by atoms with E-state index in [1.807, 2.05) is 31.2 Å². The third-order valence-electron chi connectivity index (χ3n) is 8.71. The first-order valence-electron chi connectivity index (χ1n) is 12.0. The Bertz CT molecular complexity index is 1280. The molecule has 7 rings (SSSR count). The average Bonchev–Trinajstić information content (AvgIpc) is 2.77. The summed E-state index contributed by atoms with van der Waals surface area (Å²) in [5.41, 5.74) is 4.66. The van der Waals surface area contributed by atoms with Gasteiger partial charge in [0.15, 0.2) is 0 Å². The molecule has 4 heteroatoms. The van der Waals surface area contributed by atoms with Gasteiger partial charge in [0.2, 0.25) is 0 Å². The Balaban J connectivity index is 1.47. The Kier molecular flexibility index (Phi) is 4.45. The van der Waals surface area contributed by atoms with E-state index in [9.17, 15) is 19.8 Å². The lowest BCUT2D eigenvalue weighted by atomic mass is 9.47. The number of aryl methyl sites for hydroxylation is 1. The van der Waals surface area contributed by atoms with E-state index in [0.717, 1.165) is 70.0 Å². The van der Waals surface area contributed by atoms with Crippen molar-refractivity contribution in [3.63, 3.8) is 0 Å². The first-order chi connectivity index (χ1) is 15.8. The van der Waals surface area contributed by atoms with Gasteiger partial charge >= 0.3 is 11.9 Å². The highest BCUT2D eigenvalue weighted by Gasteiger charge is 2.52. The van der Waals surface area contributed by atoms with Crippen LogP contribution in [0.1, 0.15) is 70.4 Å². The third-order valence-corrected chi connectivity index (χ3v) is 8.71. The molecule has 0 spiro atoms. The number of hydrogen-bond donors (Lipinski definition) is 2. The third kappa shape index (κ3) is 3.18. The maximum absolute atomic E-state index is 12.2. The van der Waals surface area contributed by atoms with E-state index in [1.54, 1.807) is 12.1 Å². The second-order valence-corrected chi connectivity index (χ2v) is 10.7. The molecule has 0 saturated heterocycles. The zero-order valence-corrected chi connectivity index (χ0v) is 18.8. The van der Waals surface area contributed by atoms with Crippen molar-refractivity contribution >= 4 is 22.7 Å². The van der Waals surface area contributed by atoms with Crippen LogP contribution in [0.5, 0.6) is 0 Å². The van der Waals surface area contributed by atoms with Crippen LogP contribution in [-0.4, -0.2) is 22.2 Å². The summed E-state index contributed by atoms with van der Waals surface area (Å²) < 4.78 is 0. The second kappa shape index (κ2) is 7.18. The summed E-state index contributed by atoms with van der Waals surface area (Å²) in [6.45, 7) is 1.85. The second-order valence-electron chi connectivity index (χ2n) is 10.7. The molecule has 3 aromatic carbocycles. The largest absolute Gasteiger partial charge is 0.478 e. The topological polar surface area (TPSA) is 74.6 Å². The highest BCUT2D eigenvalue weighted by atomic mass is 16.4. The molecule has 0 radical (unpaired) electrons. The monoisotopic (exact) mass is 440 g/mol. The molecule has 0 aliphatic heterocycles. The van der Waals surface area contributed by atoms with E-state index >= 15 is 0 Å². The summed E-state index contributed by atoms with van der Waals surface area (Å²) in [4.78, 5) is 23.7. The van der Waals surface area contributed by atoms with Gasteiger partial charge in [0.05, 0.1) is 11.1 Å². The van der Waals surface area contributed by atoms with E-state index in [1.165, 1.54) is 19.3 Å². The molecule has 0 atom stereocenters.